The summed E-state index contributed by atoms with van der Waals surface area (Å²) in [5.74, 6) is 0.0113. The molecule has 0 aliphatic heterocycles. The summed E-state index contributed by atoms with van der Waals surface area (Å²) in [5.41, 5.74) is 6.13. The Morgan fingerprint density at radius 3 is 2.89 bits per heavy atom. The standard InChI is InChI=1S/C13H19FN2O2/c1-9(8-15)13(17)16-6-5-10-7-11(14)3-4-12(10)18-2/h3-4,7,9H,5-6,8,15H2,1-2H3,(H,16,17). The average molecular weight is 254 g/mol. The van der Waals surface area contributed by atoms with Gasteiger partial charge in [0.25, 0.3) is 0 Å². The molecule has 1 amide bonds. The quantitative estimate of drug-likeness (QED) is 0.798. The topological polar surface area (TPSA) is 64.3 Å². The van der Waals surface area contributed by atoms with Gasteiger partial charge in [-0.1, -0.05) is 6.92 Å². The number of carbonyl (C=O) groups is 1. The van der Waals surface area contributed by atoms with Crippen LogP contribution in [0.4, 0.5) is 4.39 Å². The van der Waals surface area contributed by atoms with Gasteiger partial charge in [-0.3, -0.25) is 4.79 Å². The first-order chi connectivity index (χ1) is 8.58. The zero-order valence-corrected chi connectivity index (χ0v) is 10.7. The van der Waals surface area contributed by atoms with Crippen molar-refractivity contribution in [2.24, 2.45) is 11.7 Å². The zero-order valence-electron chi connectivity index (χ0n) is 10.7. The Balaban J connectivity index is 2.53. The monoisotopic (exact) mass is 254 g/mol. The molecule has 0 aromatic heterocycles. The Morgan fingerprint density at radius 1 is 1.56 bits per heavy atom. The SMILES string of the molecule is COc1ccc(F)cc1CCNC(=O)C(C)CN. The van der Waals surface area contributed by atoms with Crippen molar-refractivity contribution in [3.63, 3.8) is 0 Å². The molecule has 1 aromatic rings. The zero-order chi connectivity index (χ0) is 13.5. The molecule has 1 unspecified atom stereocenters. The van der Waals surface area contributed by atoms with Crippen molar-refractivity contribution in [1.82, 2.24) is 5.32 Å². The highest BCUT2D eigenvalue weighted by Crippen LogP contribution is 2.19. The molecule has 0 aliphatic carbocycles. The van der Waals surface area contributed by atoms with E-state index in [2.05, 4.69) is 5.32 Å². The first-order valence-corrected chi connectivity index (χ1v) is 5.88. The van der Waals surface area contributed by atoms with Crippen LogP contribution in [0.2, 0.25) is 0 Å². The molecule has 0 heterocycles. The van der Waals surface area contributed by atoms with Crippen LogP contribution in [0.25, 0.3) is 0 Å². The van der Waals surface area contributed by atoms with E-state index in [-0.39, 0.29) is 17.6 Å². The predicted octanol–water partition coefficient (Wildman–Crippen LogP) is 1.09. The summed E-state index contributed by atoms with van der Waals surface area (Å²) in [7, 11) is 1.53. The fourth-order valence-electron chi connectivity index (χ4n) is 1.54. The highest BCUT2D eigenvalue weighted by Gasteiger charge is 2.10. The summed E-state index contributed by atoms with van der Waals surface area (Å²) in [5, 5.41) is 2.76. The van der Waals surface area contributed by atoms with Crippen LogP contribution >= 0.6 is 0 Å². The molecule has 1 atom stereocenters. The number of hydrogen-bond donors (Lipinski definition) is 2. The van der Waals surface area contributed by atoms with Crippen LogP contribution in [-0.4, -0.2) is 26.1 Å². The molecule has 5 heteroatoms. The lowest BCUT2D eigenvalue weighted by atomic mass is 10.1. The Labute approximate surface area is 106 Å². The smallest absolute Gasteiger partial charge is 0.224 e. The van der Waals surface area contributed by atoms with E-state index in [1.54, 1.807) is 13.0 Å². The van der Waals surface area contributed by atoms with Crippen molar-refractivity contribution in [2.45, 2.75) is 13.3 Å². The minimum absolute atomic E-state index is 0.0899. The first-order valence-electron chi connectivity index (χ1n) is 5.88. The lowest BCUT2D eigenvalue weighted by Gasteiger charge is -2.11. The fourth-order valence-corrected chi connectivity index (χ4v) is 1.54. The summed E-state index contributed by atoms with van der Waals surface area (Å²) in [6.45, 7) is 2.51. The predicted molar refractivity (Wildman–Crippen MR) is 67.9 cm³/mol. The Kier molecular flexibility index (Phi) is 5.58. The number of halogens is 1. The van der Waals surface area contributed by atoms with Crippen LogP contribution < -0.4 is 15.8 Å². The maximum Gasteiger partial charge on any atom is 0.224 e. The highest BCUT2D eigenvalue weighted by atomic mass is 19.1. The minimum atomic E-state index is -0.313. The van der Waals surface area contributed by atoms with Gasteiger partial charge >= 0.3 is 0 Å². The van der Waals surface area contributed by atoms with Gasteiger partial charge in [-0.15, -0.1) is 0 Å². The Morgan fingerprint density at radius 2 is 2.28 bits per heavy atom. The van der Waals surface area contributed by atoms with E-state index < -0.39 is 0 Å². The van der Waals surface area contributed by atoms with Gasteiger partial charge in [-0.2, -0.15) is 0 Å². The summed E-state index contributed by atoms with van der Waals surface area (Å²) in [6.07, 6.45) is 0.518. The van der Waals surface area contributed by atoms with E-state index in [4.69, 9.17) is 10.5 Å². The van der Waals surface area contributed by atoms with E-state index in [1.165, 1.54) is 19.2 Å². The van der Waals surface area contributed by atoms with Gasteiger partial charge in [0, 0.05) is 19.0 Å². The highest BCUT2D eigenvalue weighted by molar-refractivity contribution is 5.78. The molecule has 3 N–H and O–H groups in total. The van der Waals surface area contributed by atoms with E-state index in [1.807, 2.05) is 0 Å². The van der Waals surface area contributed by atoms with E-state index >= 15 is 0 Å². The van der Waals surface area contributed by atoms with Crippen molar-refractivity contribution in [3.8, 4) is 5.75 Å². The summed E-state index contributed by atoms with van der Waals surface area (Å²) in [6, 6.07) is 4.34. The molecule has 1 rings (SSSR count). The molecule has 4 nitrogen and oxygen atoms in total. The van der Waals surface area contributed by atoms with Gasteiger partial charge < -0.3 is 15.8 Å². The average Bonchev–Trinajstić information content (AvgIpc) is 2.38. The van der Waals surface area contributed by atoms with Crippen LogP contribution in [-0.2, 0) is 11.2 Å². The normalized spacial score (nSPS) is 12.0. The molecule has 0 bridgehead atoms. The van der Waals surface area contributed by atoms with E-state index in [9.17, 15) is 9.18 Å². The summed E-state index contributed by atoms with van der Waals surface area (Å²) < 4.78 is 18.2. The number of hydrogen-bond acceptors (Lipinski definition) is 3. The number of nitrogens with one attached hydrogen (secondary N) is 1. The minimum Gasteiger partial charge on any atom is -0.496 e. The molecule has 0 aliphatic rings. The number of rotatable bonds is 6. The number of methoxy groups -OCH3 is 1. The number of amides is 1. The maximum absolute atomic E-state index is 13.1. The third-order valence-corrected chi connectivity index (χ3v) is 2.74. The number of nitrogens with two attached hydrogens (primary N) is 1. The molecular weight excluding hydrogens is 235 g/mol. The van der Waals surface area contributed by atoms with Gasteiger partial charge in [-0.05, 0) is 30.2 Å². The molecule has 18 heavy (non-hydrogen) atoms. The van der Waals surface area contributed by atoms with Crippen molar-refractivity contribution in [2.75, 3.05) is 20.2 Å². The van der Waals surface area contributed by atoms with Crippen molar-refractivity contribution in [1.29, 1.82) is 0 Å². The van der Waals surface area contributed by atoms with Crippen LogP contribution in [0, 0.1) is 11.7 Å². The molecule has 0 radical (unpaired) electrons. The molecule has 0 saturated carbocycles. The second kappa shape index (κ2) is 6.96. The molecule has 1 aromatic carbocycles. The van der Waals surface area contributed by atoms with Gasteiger partial charge in [-0.25, -0.2) is 4.39 Å². The molecule has 0 saturated heterocycles. The van der Waals surface area contributed by atoms with Crippen LogP contribution in [0.1, 0.15) is 12.5 Å². The second-order valence-electron chi connectivity index (χ2n) is 4.13. The van der Waals surface area contributed by atoms with Crippen molar-refractivity contribution >= 4 is 5.91 Å². The van der Waals surface area contributed by atoms with Crippen LogP contribution in [0.3, 0.4) is 0 Å². The van der Waals surface area contributed by atoms with E-state index in [0.29, 0.717) is 25.3 Å². The Hall–Kier alpha value is -1.62. The van der Waals surface area contributed by atoms with E-state index in [0.717, 1.165) is 5.56 Å². The summed E-state index contributed by atoms with van der Waals surface area (Å²) in [4.78, 5) is 11.5. The number of ether oxygens (including phenoxy) is 1. The van der Waals surface area contributed by atoms with Gasteiger partial charge in [0.2, 0.25) is 5.91 Å². The molecule has 100 valence electrons. The fraction of sp³-hybridized carbons (Fsp3) is 0.462. The maximum atomic E-state index is 13.1. The van der Waals surface area contributed by atoms with Crippen LogP contribution in [0.15, 0.2) is 18.2 Å². The van der Waals surface area contributed by atoms with Crippen molar-refractivity contribution in [3.05, 3.63) is 29.6 Å². The third kappa shape index (κ3) is 4.00. The Bertz CT molecular complexity index is 410. The number of benzene rings is 1. The summed E-state index contributed by atoms with van der Waals surface area (Å²) >= 11 is 0. The van der Waals surface area contributed by atoms with Gasteiger partial charge in [0.1, 0.15) is 11.6 Å². The molecule has 0 fully saturated rings. The lowest BCUT2D eigenvalue weighted by molar-refractivity contribution is -0.124. The lowest BCUT2D eigenvalue weighted by Crippen LogP contribution is -2.34. The third-order valence-electron chi connectivity index (χ3n) is 2.74. The van der Waals surface area contributed by atoms with Crippen LogP contribution in [0.5, 0.6) is 5.75 Å². The first kappa shape index (κ1) is 14.4. The molecule has 0 spiro atoms. The van der Waals surface area contributed by atoms with Crippen molar-refractivity contribution < 1.29 is 13.9 Å². The number of carbonyl (C=O) groups excluding carboxylic acids is 1. The van der Waals surface area contributed by atoms with Gasteiger partial charge in [0.05, 0.1) is 7.11 Å². The van der Waals surface area contributed by atoms with Gasteiger partial charge in [0.15, 0.2) is 0 Å². The second-order valence-corrected chi connectivity index (χ2v) is 4.13. The largest absolute Gasteiger partial charge is 0.496 e. The molecular formula is C13H19FN2O2.